The van der Waals surface area contributed by atoms with Crippen LogP contribution in [-0.2, 0) is 11.0 Å². The Kier molecular flexibility index (Phi) is 5.07. The van der Waals surface area contributed by atoms with Crippen LogP contribution in [0.1, 0.15) is 5.56 Å². The molecule has 0 saturated heterocycles. The number of amides is 1. The summed E-state index contributed by atoms with van der Waals surface area (Å²) in [6.07, 6.45) is -4.53. The monoisotopic (exact) mass is 373 g/mol. The van der Waals surface area contributed by atoms with Gasteiger partial charge in [-0.15, -0.1) is 0 Å². The number of nitrogens with one attached hydrogen (secondary N) is 1. The van der Waals surface area contributed by atoms with Gasteiger partial charge in [-0.25, -0.2) is 0 Å². The molecule has 0 atom stereocenters. The average molecular weight is 374 g/mol. The van der Waals surface area contributed by atoms with Crippen molar-refractivity contribution in [1.29, 1.82) is 0 Å². The first-order valence-electron chi connectivity index (χ1n) is 6.21. The van der Waals surface area contributed by atoms with E-state index in [9.17, 15) is 18.0 Å². The third-order valence-corrected chi connectivity index (χ3v) is 3.15. The number of anilines is 1. The number of halogens is 4. The molecular formula is C15H11BrF3NO2. The number of hydrogen-bond acceptors (Lipinski definition) is 2. The summed E-state index contributed by atoms with van der Waals surface area (Å²) >= 11 is 3.25. The van der Waals surface area contributed by atoms with Crippen LogP contribution >= 0.6 is 15.9 Å². The van der Waals surface area contributed by atoms with Crippen molar-refractivity contribution in [3.63, 3.8) is 0 Å². The third-order valence-electron chi connectivity index (χ3n) is 2.66. The first-order chi connectivity index (χ1) is 10.4. The maximum atomic E-state index is 12.8. The molecule has 0 unspecified atom stereocenters. The van der Waals surface area contributed by atoms with E-state index in [0.29, 0.717) is 5.69 Å². The van der Waals surface area contributed by atoms with Gasteiger partial charge in [0.15, 0.2) is 6.61 Å². The minimum atomic E-state index is -4.53. The van der Waals surface area contributed by atoms with Gasteiger partial charge >= 0.3 is 6.18 Å². The highest BCUT2D eigenvalue weighted by atomic mass is 79.9. The van der Waals surface area contributed by atoms with E-state index in [1.165, 1.54) is 18.2 Å². The molecule has 1 N–H and O–H groups in total. The zero-order chi connectivity index (χ0) is 16.2. The van der Waals surface area contributed by atoms with Crippen LogP contribution in [-0.4, -0.2) is 12.5 Å². The Hall–Kier alpha value is -2.02. The number of alkyl halides is 3. The van der Waals surface area contributed by atoms with Gasteiger partial charge in [-0.2, -0.15) is 13.2 Å². The van der Waals surface area contributed by atoms with E-state index in [-0.39, 0.29) is 5.75 Å². The standard InChI is InChI=1S/C15H11BrF3NO2/c16-10-4-3-5-11(8-10)20-14(21)9-22-13-7-2-1-6-12(13)15(17,18)19/h1-8H,9H2,(H,20,21). The second-order valence-electron chi connectivity index (χ2n) is 4.34. The van der Waals surface area contributed by atoms with Crippen LogP contribution in [0, 0.1) is 0 Å². The van der Waals surface area contributed by atoms with E-state index in [2.05, 4.69) is 21.2 Å². The lowest BCUT2D eigenvalue weighted by Gasteiger charge is -2.13. The molecule has 0 aliphatic heterocycles. The van der Waals surface area contributed by atoms with Crippen molar-refractivity contribution in [3.8, 4) is 5.75 Å². The Bertz CT molecular complexity index is 674. The molecule has 22 heavy (non-hydrogen) atoms. The van der Waals surface area contributed by atoms with E-state index >= 15 is 0 Å². The number of rotatable bonds is 4. The fourth-order valence-corrected chi connectivity index (χ4v) is 2.13. The summed E-state index contributed by atoms with van der Waals surface area (Å²) in [6.45, 7) is -0.514. The summed E-state index contributed by atoms with van der Waals surface area (Å²) in [7, 11) is 0. The quantitative estimate of drug-likeness (QED) is 0.857. The molecule has 0 aliphatic rings. The summed E-state index contributed by atoms with van der Waals surface area (Å²) in [6, 6.07) is 11.6. The van der Waals surface area contributed by atoms with Crippen molar-refractivity contribution in [1.82, 2.24) is 0 Å². The molecule has 3 nitrogen and oxygen atoms in total. The van der Waals surface area contributed by atoms with E-state index in [1.807, 2.05) is 0 Å². The van der Waals surface area contributed by atoms with Crippen LogP contribution in [0.15, 0.2) is 53.0 Å². The lowest BCUT2D eigenvalue weighted by molar-refractivity contribution is -0.139. The van der Waals surface area contributed by atoms with Gasteiger partial charge in [-0.1, -0.05) is 34.1 Å². The number of carbonyl (C=O) groups excluding carboxylic acids is 1. The number of carbonyl (C=O) groups is 1. The molecule has 0 aliphatic carbocycles. The second-order valence-corrected chi connectivity index (χ2v) is 5.26. The van der Waals surface area contributed by atoms with Gasteiger partial charge in [0.05, 0.1) is 5.56 Å². The third kappa shape index (κ3) is 4.49. The Balaban J connectivity index is 2.00. The zero-order valence-electron chi connectivity index (χ0n) is 11.2. The summed E-state index contributed by atoms with van der Waals surface area (Å²) in [5.74, 6) is -0.922. The maximum Gasteiger partial charge on any atom is 0.419 e. The topological polar surface area (TPSA) is 38.3 Å². The van der Waals surface area contributed by atoms with Crippen molar-refractivity contribution in [3.05, 3.63) is 58.6 Å². The molecule has 0 fully saturated rings. The van der Waals surface area contributed by atoms with Crippen molar-refractivity contribution < 1.29 is 22.7 Å². The predicted octanol–water partition coefficient (Wildman–Crippen LogP) is 4.49. The highest BCUT2D eigenvalue weighted by Gasteiger charge is 2.34. The van der Waals surface area contributed by atoms with E-state index in [1.54, 1.807) is 24.3 Å². The van der Waals surface area contributed by atoms with Crippen molar-refractivity contribution in [2.24, 2.45) is 0 Å². The van der Waals surface area contributed by atoms with Gasteiger partial charge in [0.2, 0.25) is 0 Å². The van der Waals surface area contributed by atoms with Crippen LogP contribution in [0.5, 0.6) is 5.75 Å². The molecular weight excluding hydrogens is 363 g/mol. The minimum Gasteiger partial charge on any atom is -0.483 e. The molecule has 2 aromatic carbocycles. The number of hydrogen-bond donors (Lipinski definition) is 1. The van der Waals surface area contributed by atoms with Crippen molar-refractivity contribution >= 4 is 27.5 Å². The van der Waals surface area contributed by atoms with Crippen LogP contribution in [0.2, 0.25) is 0 Å². The fraction of sp³-hybridized carbons (Fsp3) is 0.133. The van der Waals surface area contributed by atoms with E-state index < -0.39 is 24.3 Å². The highest BCUT2D eigenvalue weighted by molar-refractivity contribution is 9.10. The van der Waals surface area contributed by atoms with Crippen LogP contribution in [0.25, 0.3) is 0 Å². The molecule has 0 spiro atoms. The second kappa shape index (κ2) is 6.83. The molecule has 1 amide bonds. The Morgan fingerprint density at radius 2 is 1.86 bits per heavy atom. The highest BCUT2D eigenvalue weighted by Crippen LogP contribution is 2.35. The molecule has 0 bridgehead atoms. The number of ether oxygens (including phenoxy) is 1. The normalized spacial score (nSPS) is 11.1. The van der Waals surface area contributed by atoms with Gasteiger partial charge in [0.25, 0.3) is 5.91 Å². The minimum absolute atomic E-state index is 0.376. The molecule has 0 heterocycles. The summed E-state index contributed by atoms with van der Waals surface area (Å²) in [4.78, 5) is 11.7. The van der Waals surface area contributed by atoms with Gasteiger partial charge in [-0.05, 0) is 30.3 Å². The summed E-state index contributed by atoms with van der Waals surface area (Å²) in [5.41, 5.74) is -0.391. The molecule has 116 valence electrons. The molecule has 0 saturated carbocycles. The lowest BCUT2D eigenvalue weighted by Crippen LogP contribution is -2.21. The van der Waals surface area contributed by atoms with E-state index in [0.717, 1.165) is 10.5 Å². The zero-order valence-corrected chi connectivity index (χ0v) is 12.7. The Morgan fingerprint density at radius 3 is 2.55 bits per heavy atom. The average Bonchev–Trinajstić information content (AvgIpc) is 2.44. The maximum absolute atomic E-state index is 12.8. The van der Waals surface area contributed by atoms with Gasteiger partial charge in [0, 0.05) is 10.2 Å². The first kappa shape index (κ1) is 16.4. The first-order valence-corrected chi connectivity index (χ1v) is 7.00. The molecule has 2 rings (SSSR count). The molecule has 2 aromatic rings. The van der Waals surface area contributed by atoms with Gasteiger partial charge < -0.3 is 10.1 Å². The number of benzene rings is 2. The molecule has 0 aromatic heterocycles. The molecule has 0 radical (unpaired) electrons. The van der Waals surface area contributed by atoms with Crippen LogP contribution < -0.4 is 10.1 Å². The lowest BCUT2D eigenvalue weighted by atomic mass is 10.2. The predicted molar refractivity (Wildman–Crippen MR) is 79.7 cm³/mol. The van der Waals surface area contributed by atoms with Crippen molar-refractivity contribution in [2.45, 2.75) is 6.18 Å². The Labute approximate surface area is 133 Å². The largest absolute Gasteiger partial charge is 0.483 e. The van der Waals surface area contributed by atoms with Crippen LogP contribution in [0.3, 0.4) is 0 Å². The van der Waals surface area contributed by atoms with E-state index in [4.69, 9.17) is 4.74 Å². The smallest absolute Gasteiger partial charge is 0.419 e. The van der Waals surface area contributed by atoms with Gasteiger partial charge in [0.1, 0.15) is 5.75 Å². The van der Waals surface area contributed by atoms with Crippen LogP contribution in [0.4, 0.5) is 18.9 Å². The van der Waals surface area contributed by atoms with Gasteiger partial charge in [-0.3, -0.25) is 4.79 Å². The van der Waals surface area contributed by atoms with Crippen molar-refractivity contribution in [2.75, 3.05) is 11.9 Å². The molecule has 7 heteroatoms. The SMILES string of the molecule is O=C(COc1ccccc1C(F)(F)F)Nc1cccc(Br)c1. The Morgan fingerprint density at radius 1 is 1.14 bits per heavy atom. The summed E-state index contributed by atoms with van der Waals surface area (Å²) < 4.78 is 44.1. The number of para-hydroxylation sites is 1. The fourth-order valence-electron chi connectivity index (χ4n) is 1.73. The summed E-state index contributed by atoms with van der Waals surface area (Å²) in [5, 5.41) is 2.54.